The molecule has 1 N–H and O–H groups in total. The molecule has 0 saturated carbocycles. The smallest absolute Gasteiger partial charge is 0.120 e. The molecule has 0 bridgehead atoms. The van der Waals surface area contributed by atoms with Gasteiger partial charge in [0.25, 0.3) is 0 Å². The topological polar surface area (TPSA) is 29.5 Å². The van der Waals surface area contributed by atoms with Crippen LogP contribution in [0.2, 0.25) is 0 Å². The van der Waals surface area contributed by atoms with Crippen LogP contribution in [-0.2, 0) is 0 Å². The predicted octanol–water partition coefficient (Wildman–Crippen LogP) is 2.69. The second-order valence-corrected chi connectivity index (χ2v) is 3.42. The van der Waals surface area contributed by atoms with E-state index in [1.54, 1.807) is 0 Å². The Bertz CT molecular complexity index is 305. The molecule has 0 aromatic heterocycles. The third-order valence-corrected chi connectivity index (χ3v) is 1.79. The quantitative estimate of drug-likeness (QED) is 0.743. The number of rotatable bonds is 4. The van der Waals surface area contributed by atoms with E-state index in [4.69, 9.17) is 4.74 Å². The molecule has 1 rings (SSSR count). The average molecular weight is 192 g/mol. The van der Waals surface area contributed by atoms with Crippen molar-refractivity contribution < 1.29 is 9.84 Å². The zero-order valence-corrected chi connectivity index (χ0v) is 8.60. The maximum Gasteiger partial charge on any atom is 0.120 e. The van der Waals surface area contributed by atoms with Crippen LogP contribution in [0.4, 0.5) is 0 Å². The van der Waals surface area contributed by atoms with Crippen molar-refractivity contribution in [3.63, 3.8) is 0 Å². The van der Waals surface area contributed by atoms with Gasteiger partial charge >= 0.3 is 0 Å². The van der Waals surface area contributed by atoms with Crippen molar-refractivity contribution >= 4 is 0 Å². The largest absolute Gasteiger partial charge is 0.491 e. The molecule has 0 fully saturated rings. The molecule has 2 heteroatoms. The van der Waals surface area contributed by atoms with Crippen molar-refractivity contribution in [1.82, 2.24) is 0 Å². The highest BCUT2D eigenvalue weighted by atomic mass is 16.5. The Balaban J connectivity index is 2.83. The molecule has 0 amide bonds. The first-order valence-electron chi connectivity index (χ1n) is 4.70. The number of hydrogen-bond donors (Lipinski definition) is 1. The first kappa shape index (κ1) is 10.8. The molecule has 0 radical (unpaired) electrons. The summed E-state index contributed by atoms with van der Waals surface area (Å²) in [6.07, 6.45) is 1.02. The zero-order valence-electron chi connectivity index (χ0n) is 8.60. The summed E-state index contributed by atoms with van der Waals surface area (Å²) >= 11 is 0. The van der Waals surface area contributed by atoms with Crippen molar-refractivity contribution in [3.05, 3.63) is 42.5 Å². The van der Waals surface area contributed by atoms with Crippen LogP contribution in [0, 0.1) is 0 Å². The lowest BCUT2D eigenvalue weighted by Crippen LogP contribution is -2.06. The highest BCUT2D eigenvalue weighted by Gasteiger charge is 2.04. The molecule has 0 aliphatic heterocycles. The normalized spacial score (nSPS) is 12.6. The van der Waals surface area contributed by atoms with Crippen molar-refractivity contribution in [2.24, 2.45) is 0 Å². The van der Waals surface area contributed by atoms with Gasteiger partial charge in [-0.2, -0.15) is 0 Å². The van der Waals surface area contributed by atoms with E-state index in [0.717, 1.165) is 11.3 Å². The Morgan fingerprint density at radius 2 is 2.14 bits per heavy atom. The molecule has 1 aromatic carbocycles. The molecule has 2 nitrogen and oxygen atoms in total. The van der Waals surface area contributed by atoms with E-state index in [1.165, 1.54) is 6.08 Å². The number of hydrogen-bond acceptors (Lipinski definition) is 2. The van der Waals surface area contributed by atoms with Gasteiger partial charge in [0.1, 0.15) is 5.75 Å². The highest BCUT2D eigenvalue weighted by molar-refractivity contribution is 5.31. The minimum absolute atomic E-state index is 0.145. The van der Waals surface area contributed by atoms with Crippen molar-refractivity contribution in [3.8, 4) is 5.75 Å². The van der Waals surface area contributed by atoms with Crippen LogP contribution < -0.4 is 4.74 Å². The molecular weight excluding hydrogens is 176 g/mol. The first-order chi connectivity index (χ1) is 6.63. The maximum atomic E-state index is 9.51. The number of benzene rings is 1. The summed E-state index contributed by atoms with van der Waals surface area (Å²) in [5, 5.41) is 9.51. The SMILES string of the molecule is C=CC(O)c1cccc(OC(C)C)c1. The summed E-state index contributed by atoms with van der Waals surface area (Å²) < 4.78 is 5.50. The molecule has 76 valence electrons. The number of aliphatic hydroxyl groups excluding tert-OH is 1. The van der Waals surface area contributed by atoms with E-state index in [2.05, 4.69) is 6.58 Å². The van der Waals surface area contributed by atoms with Gasteiger partial charge in [-0.3, -0.25) is 0 Å². The Kier molecular flexibility index (Phi) is 3.72. The Hall–Kier alpha value is -1.28. The summed E-state index contributed by atoms with van der Waals surface area (Å²) in [4.78, 5) is 0. The zero-order chi connectivity index (χ0) is 10.6. The van der Waals surface area contributed by atoms with Crippen LogP contribution >= 0.6 is 0 Å². The van der Waals surface area contributed by atoms with Gasteiger partial charge in [0.2, 0.25) is 0 Å². The van der Waals surface area contributed by atoms with E-state index in [0.29, 0.717) is 0 Å². The predicted molar refractivity (Wildman–Crippen MR) is 57.4 cm³/mol. The Labute approximate surface area is 84.8 Å². The Morgan fingerprint density at radius 3 is 2.71 bits per heavy atom. The van der Waals surface area contributed by atoms with Gasteiger partial charge in [-0.1, -0.05) is 18.2 Å². The van der Waals surface area contributed by atoms with Crippen LogP contribution in [-0.4, -0.2) is 11.2 Å². The van der Waals surface area contributed by atoms with Gasteiger partial charge in [0.05, 0.1) is 12.2 Å². The second kappa shape index (κ2) is 4.82. The van der Waals surface area contributed by atoms with Crippen LogP contribution in [0.1, 0.15) is 25.5 Å². The van der Waals surface area contributed by atoms with E-state index < -0.39 is 6.10 Å². The summed E-state index contributed by atoms with van der Waals surface area (Å²) in [5.74, 6) is 0.776. The molecule has 0 aliphatic rings. The molecule has 1 atom stereocenters. The fraction of sp³-hybridized carbons (Fsp3) is 0.333. The van der Waals surface area contributed by atoms with Crippen LogP contribution in [0.5, 0.6) is 5.75 Å². The fourth-order valence-electron chi connectivity index (χ4n) is 1.18. The van der Waals surface area contributed by atoms with Crippen LogP contribution in [0.25, 0.3) is 0 Å². The van der Waals surface area contributed by atoms with Crippen molar-refractivity contribution in [1.29, 1.82) is 0 Å². The lowest BCUT2D eigenvalue weighted by Gasteiger charge is -2.12. The summed E-state index contributed by atoms with van der Waals surface area (Å²) in [6.45, 7) is 7.47. The number of ether oxygens (including phenoxy) is 1. The van der Waals surface area contributed by atoms with Gasteiger partial charge in [0.15, 0.2) is 0 Å². The maximum absolute atomic E-state index is 9.51. The first-order valence-corrected chi connectivity index (χ1v) is 4.70. The van der Waals surface area contributed by atoms with Crippen molar-refractivity contribution in [2.45, 2.75) is 26.1 Å². The van der Waals surface area contributed by atoms with Crippen LogP contribution in [0.15, 0.2) is 36.9 Å². The third kappa shape index (κ3) is 2.89. The monoisotopic (exact) mass is 192 g/mol. The fourth-order valence-corrected chi connectivity index (χ4v) is 1.18. The van der Waals surface area contributed by atoms with Gasteiger partial charge in [-0.25, -0.2) is 0 Å². The molecule has 1 aromatic rings. The van der Waals surface area contributed by atoms with Crippen LogP contribution in [0.3, 0.4) is 0 Å². The number of aliphatic hydroxyl groups is 1. The van der Waals surface area contributed by atoms with Gasteiger partial charge in [-0.05, 0) is 31.5 Å². The minimum atomic E-state index is -0.620. The van der Waals surface area contributed by atoms with E-state index >= 15 is 0 Å². The summed E-state index contributed by atoms with van der Waals surface area (Å²) in [7, 11) is 0. The molecule has 1 unspecified atom stereocenters. The summed E-state index contributed by atoms with van der Waals surface area (Å²) in [5.41, 5.74) is 0.804. The average Bonchev–Trinajstić information content (AvgIpc) is 2.16. The second-order valence-electron chi connectivity index (χ2n) is 3.42. The minimum Gasteiger partial charge on any atom is -0.491 e. The molecule has 14 heavy (non-hydrogen) atoms. The third-order valence-electron chi connectivity index (χ3n) is 1.79. The van der Waals surface area contributed by atoms with E-state index in [1.807, 2.05) is 38.1 Å². The van der Waals surface area contributed by atoms with Gasteiger partial charge in [-0.15, -0.1) is 6.58 Å². The van der Waals surface area contributed by atoms with Gasteiger partial charge < -0.3 is 9.84 Å². The Morgan fingerprint density at radius 1 is 1.43 bits per heavy atom. The molecule has 0 saturated heterocycles. The highest BCUT2D eigenvalue weighted by Crippen LogP contribution is 2.20. The van der Waals surface area contributed by atoms with E-state index in [9.17, 15) is 5.11 Å². The standard InChI is InChI=1S/C12H16O2/c1-4-12(13)10-6-5-7-11(8-10)14-9(2)3/h4-9,12-13H,1H2,2-3H3. The molecule has 0 heterocycles. The molecule has 0 spiro atoms. The van der Waals surface area contributed by atoms with E-state index in [-0.39, 0.29) is 6.10 Å². The molecule has 0 aliphatic carbocycles. The van der Waals surface area contributed by atoms with Crippen molar-refractivity contribution in [2.75, 3.05) is 0 Å². The molecular formula is C12H16O2. The summed E-state index contributed by atoms with van der Waals surface area (Å²) in [6, 6.07) is 7.41. The lowest BCUT2D eigenvalue weighted by atomic mass is 10.1. The lowest BCUT2D eigenvalue weighted by molar-refractivity contribution is 0.223. The van der Waals surface area contributed by atoms with Gasteiger partial charge in [0, 0.05) is 0 Å².